The van der Waals surface area contributed by atoms with Crippen LogP contribution in [0.25, 0.3) is 0 Å². The zero-order chi connectivity index (χ0) is 23.8. The van der Waals surface area contributed by atoms with Gasteiger partial charge in [0, 0.05) is 24.0 Å². The van der Waals surface area contributed by atoms with E-state index in [1.807, 2.05) is 72.8 Å². The van der Waals surface area contributed by atoms with E-state index < -0.39 is 6.04 Å². The largest absolute Gasteiger partial charge is 0.352 e. The molecule has 2 amide bonds. The molecule has 1 aliphatic carbocycles. The lowest BCUT2D eigenvalue weighted by Crippen LogP contribution is -2.52. The molecule has 176 valence electrons. The first-order valence-corrected chi connectivity index (χ1v) is 12.4. The van der Waals surface area contributed by atoms with Gasteiger partial charge in [-0.05, 0) is 41.7 Å². The first-order chi connectivity index (χ1) is 16.6. The van der Waals surface area contributed by atoms with Crippen LogP contribution in [-0.4, -0.2) is 28.8 Å². The lowest BCUT2D eigenvalue weighted by atomic mass is 10.0. The Hall–Kier alpha value is -3.11. The molecule has 0 spiro atoms. The average Bonchev–Trinajstić information content (AvgIpc) is 3.37. The molecule has 0 aliphatic heterocycles. The molecule has 0 unspecified atom stereocenters. The van der Waals surface area contributed by atoms with Crippen LogP contribution in [0.4, 0.5) is 0 Å². The summed E-state index contributed by atoms with van der Waals surface area (Å²) in [6, 6.07) is 26.7. The summed E-state index contributed by atoms with van der Waals surface area (Å²) in [5.74, 6) is -0.148. The van der Waals surface area contributed by atoms with Gasteiger partial charge < -0.3 is 10.2 Å². The van der Waals surface area contributed by atoms with Crippen molar-refractivity contribution in [3.05, 3.63) is 107 Å². The number of carbonyl (C=O) groups is 2. The Morgan fingerprint density at radius 3 is 2.03 bits per heavy atom. The summed E-state index contributed by atoms with van der Waals surface area (Å²) >= 11 is 6.03. The van der Waals surface area contributed by atoms with E-state index in [4.69, 9.17) is 11.6 Å². The molecule has 0 aromatic heterocycles. The standard InChI is InChI=1S/C29H31ClN2O2/c30-25-17-15-23(16-18-25)20-28(33)32(21-24-11-5-2-6-12-24)27(19-22-9-3-1-4-10-22)29(34)31-26-13-7-8-14-26/h1-6,9-12,15-18,26-27H,7-8,13-14,19-21H2,(H,31,34)/t27-/m0/s1. The minimum absolute atomic E-state index is 0.0730. The Kier molecular flexibility index (Phi) is 8.37. The maximum atomic E-state index is 13.7. The van der Waals surface area contributed by atoms with E-state index in [9.17, 15) is 9.59 Å². The number of hydrogen-bond acceptors (Lipinski definition) is 2. The fourth-order valence-electron chi connectivity index (χ4n) is 4.58. The summed E-state index contributed by atoms with van der Waals surface area (Å²) in [6.07, 6.45) is 4.96. The van der Waals surface area contributed by atoms with E-state index in [-0.39, 0.29) is 24.3 Å². The molecular weight excluding hydrogens is 444 g/mol. The van der Waals surface area contributed by atoms with Crippen molar-refractivity contribution in [1.29, 1.82) is 0 Å². The fourth-order valence-corrected chi connectivity index (χ4v) is 4.71. The number of hydrogen-bond donors (Lipinski definition) is 1. The van der Waals surface area contributed by atoms with Crippen molar-refractivity contribution in [1.82, 2.24) is 10.2 Å². The van der Waals surface area contributed by atoms with Crippen molar-refractivity contribution in [2.24, 2.45) is 0 Å². The number of carbonyl (C=O) groups excluding carboxylic acids is 2. The highest BCUT2D eigenvalue weighted by molar-refractivity contribution is 6.30. The Balaban J connectivity index is 1.63. The zero-order valence-corrected chi connectivity index (χ0v) is 20.1. The summed E-state index contributed by atoms with van der Waals surface area (Å²) in [4.78, 5) is 29.1. The third kappa shape index (κ3) is 6.71. The van der Waals surface area contributed by atoms with Gasteiger partial charge in [-0.2, -0.15) is 0 Å². The predicted molar refractivity (Wildman–Crippen MR) is 136 cm³/mol. The van der Waals surface area contributed by atoms with Crippen molar-refractivity contribution in [3.8, 4) is 0 Å². The van der Waals surface area contributed by atoms with Crippen LogP contribution in [0.2, 0.25) is 5.02 Å². The lowest BCUT2D eigenvalue weighted by Gasteiger charge is -2.32. The first kappa shape index (κ1) is 24.0. The minimum Gasteiger partial charge on any atom is -0.352 e. The zero-order valence-electron chi connectivity index (χ0n) is 19.3. The third-order valence-corrected chi connectivity index (χ3v) is 6.69. The van der Waals surface area contributed by atoms with Gasteiger partial charge in [-0.1, -0.05) is 97.2 Å². The predicted octanol–water partition coefficient (Wildman–Crippen LogP) is 5.58. The quantitative estimate of drug-likeness (QED) is 0.440. The van der Waals surface area contributed by atoms with Crippen LogP contribution in [0.15, 0.2) is 84.9 Å². The first-order valence-electron chi connectivity index (χ1n) is 12.0. The molecule has 3 aromatic rings. The minimum atomic E-state index is -0.594. The normalized spacial score (nSPS) is 14.5. The van der Waals surface area contributed by atoms with Gasteiger partial charge in [0.25, 0.3) is 0 Å². The molecule has 0 saturated heterocycles. The smallest absolute Gasteiger partial charge is 0.243 e. The summed E-state index contributed by atoms with van der Waals surface area (Å²) < 4.78 is 0. The number of amides is 2. The third-order valence-electron chi connectivity index (χ3n) is 6.44. The summed E-state index contributed by atoms with van der Waals surface area (Å²) in [5.41, 5.74) is 2.91. The highest BCUT2D eigenvalue weighted by Crippen LogP contribution is 2.21. The van der Waals surface area contributed by atoms with Gasteiger partial charge in [-0.3, -0.25) is 9.59 Å². The van der Waals surface area contributed by atoms with Crippen molar-refractivity contribution >= 4 is 23.4 Å². The van der Waals surface area contributed by atoms with Crippen LogP contribution >= 0.6 is 11.6 Å². The maximum absolute atomic E-state index is 13.7. The van der Waals surface area contributed by atoms with Crippen molar-refractivity contribution < 1.29 is 9.59 Å². The van der Waals surface area contributed by atoms with Gasteiger partial charge in [0.1, 0.15) is 6.04 Å². The molecule has 3 aromatic carbocycles. The number of halogens is 1. The van der Waals surface area contributed by atoms with Gasteiger partial charge in [-0.15, -0.1) is 0 Å². The highest BCUT2D eigenvalue weighted by Gasteiger charge is 2.32. The van der Waals surface area contributed by atoms with Crippen molar-refractivity contribution in [2.45, 2.75) is 57.2 Å². The van der Waals surface area contributed by atoms with Crippen LogP contribution in [0.1, 0.15) is 42.4 Å². The number of nitrogens with zero attached hydrogens (tertiary/aromatic N) is 1. The Morgan fingerprint density at radius 2 is 1.41 bits per heavy atom. The Labute approximate surface area is 206 Å². The lowest BCUT2D eigenvalue weighted by molar-refractivity contribution is -0.141. The Morgan fingerprint density at radius 1 is 0.824 bits per heavy atom. The van der Waals surface area contributed by atoms with Gasteiger partial charge in [0.2, 0.25) is 11.8 Å². The van der Waals surface area contributed by atoms with Crippen LogP contribution in [0.3, 0.4) is 0 Å². The van der Waals surface area contributed by atoms with Gasteiger partial charge >= 0.3 is 0 Å². The maximum Gasteiger partial charge on any atom is 0.243 e. The molecule has 0 bridgehead atoms. The van der Waals surface area contributed by atoms with E-state index in [0.717, 1.165) is 42.4 Å². The number of rotatable bonds is 9. The monoisotopic (exact) mass is 474 g/mol. The van der Waals surface area contributed by atoms with Crippen molar-refractivity contribution in [3.63, 3.8) is 0 Å². The summed E-state index contributed by atoms with van der Waals surface area (Å²) in [6.45, 7) is 0.378. The average molecular weight is 475 g/mol. The molecule has 4 rings (SSSR count). The number of nitrogens with one attached hydrogen (secondary N) is 1. The molecular formula is C29H31ClN2O2. The second-order valence-electron chi connectivity index (χ2n) is 9.01. The molecule has 1 aliphatic rings. The van der Waals surface area contributed by atoms with E-state index >= 15 is 0 Å². The van der Waals surface area contributed by atoms with Gasteiger partial charge in [0.15, 0.2) is 0 Å². The Bertz CT molecular complexity index is 1060. The molecule has 1 atom stereocenters. The molecule has 5 heteroatoms. The topological polar surface area (TPSA) is 49.4 Å². The number of benzene rings is 3. The highest BCUT2D eigenvalue weighted by atomic mass is 35.5. The molecule has 1 saturated carbocycles. The fraction of sp³-hybridized carbons (Fsp3) is 0.310. The van der Waals surface area contributed by atoms with Crippen LogP contribution in [-0.2, 0) is 29.0 Å². The second-order valence-corrected chi connectivity index (χ2v) is 9.44. The second kappa shape index (κ2) is 11.8. The van der Waals surface area contributed by atoms with Gasteiger partial charge in [-0.25, -0.2) is 0 Å². The van der Waals surface area contributed by atoms with E-state index in [1.165, 1.54) is 0 Å². The molecule has 34 heavy (non-hydrogen) atoms. The van der Waals surface area contributed by atoms with E-state index in [0.29, 0.717) is 18.0 Å². The SMILES string of the molecule is O=C(NC1CCCC1)[C@H](Cc1ccccc1)N(Cc1ccccc1)C(=O)Cc1ccc(Cl)cc1. The summed E-state index contributed by atoms with van der Waals surface area (Å²) in [5, 5.41) is 3.88. The van der Waals surface area contributed by atoms with Crippen molar-refractivity contribution in [2.75, 3.05) is 0 Å². The van der Waals surface area contributed by atoms with Crippen LogP contribution in [0.5, 0.6) is 0 Å². The summed E-state index contributed by atoms with van der Waals surface area (Å²) in [7, 11) is 0. The van der Waals surface area contributed by atoms with Gasteiger partial charge in [0.05, 0.1) is 6.42 Å². The molecule has 0 radical (unpaired) electrons. The van der Waals surface area contributed by atoms with E-state index in [2.05, 4.69) is 5.32 Å². The molecule has 4 nitrogen and oxygen atoms in total. The molecule has 0 heterocycles. The molecule has 1 fully saturated rings. The van der Waals surface area contributed by atoms with Crippen LogP contribution in [0, 0.1) is 0 Å². The van der Waals surface area contributed by atoms with E-state index in [1.54, 1.807) is 17.0 Å². The van der Waals surface area contributed by atoms with Crippen LogP contribution < -0.4 is 5.32 Å². The molecule has 1 N–H and O–H groups in total.